The summed E-state index contributed by atoms with van der Waals surface area (Å²) in [5.41, 5.74) is 9.25. The molecule has 1 atom stereocenters. The molecule has 7 rings (SSSR count). The monoisotopic (exact) mass is 723 g/mol. The maximum atomic E-state index is 15.0. The zero-order chi connectivity index (χ0) is 36.5. The number of carbonyl (C=O) groups is 2. The lowest BCUT2D eigenvalue weighted by molar-refractivity contribution is 0.0696. The molecule has 6 aromatic rings. The zero-order valence-electron chi connectivity index (χ0n) is 29.7. The summed E-state index contributed by atoms with van der Waals surface area (Å²) in [4.78, 5) is 38.1. The average molecular weight is 725 g/mol. The summed E-state index contributed by atoms with van der Waals surface area (Å²) in [7, 11) is 1.90. The van der Waals surface area contributed by atoms with E-state index < -0.39 is 5.97 Å². The molecule has 51 heavy (non-hydrogen) atoms. The molecule has 0 saturated carbocycles. The Kier molecular flexibility index (Phi) is 8.84. The van der Waals surface area contributed by atoms with E-state index in [1.165, 1.54) is 0 Å². The number of amides is 1. The van der Waals surface area contributed by atoms with Crippen molar-refractivity contribution in [2.45, 2.75) is 60.4 Å². The molecule has 11 heteroatoms. The van der Waals surface area contributed by atoms with Gasteiger partial charge in [-0.3, -0.25) is 4.79 Å². The van der Waals surface area contributed by atoms with Crippen LogP contribution < -0.4 is 9.64 Å². The van der Waals surface area contributed by atoms with Crippen LogP contribution in [-0.2, 0) is 13.5 Å². The highest BCUT2D eigenvalue weighted by Gasteiger charge is 2.37. The van der Waals surface area contributed by atoms with E-state index in [9.17, 15) is 14.7 Å². The summed E-state index contributed by atoms with van der Waals surface area (Å²) in [5.74, 6) is 0.258. The lowest BCUT2D eigenvalue weighted by Gasteiger charge is -2.34. The number of rotatable bonds is 8. The maximum Gasteiger partial charge on any atom is 0.335 e. The molecule has 262 valence electrons. The number of ether oxygens (including phenoxy) is 1. The van der Waals surface area contributed by atoms with Crippen molar-refractivity contribution in [3.63, 3.8) is 0 Å². The third kappa shape index (κ3) is 5.82. The molecule has 0 fully saturated rings. The number of anilines is 1. The molecule has 4 heterocycles. The van der Waals surface area contributed by atoms with Gasteiger partial charge in [-0.15, -0.1) is 0 Å². The van der Waals surface area contributed by atoms with Gasteiger partial charge < -0.3 is 23.9 Å². The molecule has 0 radical (unpaired) electrons. The van der Waals surface area contributed by atoms with Crippen LogP contribution in [0.3, 0.4) is 0 Å². The van der Waals surface area contributed by atoms with Gasteiger partial charge in [0.25, 0.3) is 5.91 Å². The second kappa shape index (κ2) is 13.0. The lowest BCUT2D eigenvalue weighted by Crippen LogP contribution is -2.42. The number of carboxylic acid groups (broad SMARTS) is 1. The largest absolute Gasteiger partial charge is 0.494 e. The third-order valence-corrected chi connectivity index (χ3v) is 10.9. The number of fused-ring (bicyclic) bond motifs is 4. The number of carbonyl (C=O) groups excluding carboxylic acids is 1. The minimum atomic E-state index is -1.02. The Morgan fingerprint density at radius 1 is 0.961 bits per heavy atom. The first-order valence-corrected chi connectivity index (χ1v) is 17.7. The average Bonchev–Trinajstić information content (AvgIpc) is 3.58. The Bertz CT molecular complexity index is 2380. The zero-order valence-corrected chi connectivity index (χ0v) is 31.2. The topological polar surface area (TPSA) is 102 Å². The molecule has 3 aromatic heterocycles. The number of aromatic nitrogens is 4. The second-order valence-electron chi connectivity index (χ2n) is 13.6. The predicted octanol–water partition coefficient (Wildman–Crippen LogP) is 9.37. The predicted molar refractivity (Wildman–Crippen MR) is 203 cm³/mol. The number of aryl methyl sites for hydroxylation is 7. The van der Waals surface area contributed by atoms with Crippen molar-refractivity contribution in [2.24, 2.45) is 7.05 Å². The van der Waals surface area contributed by atoms with Crippen LogP contribution in [0.4, 0.5) is 5.69 Å². The molecular formula is C40H39Cl2N5O4. The first-order valence-electron chi connectivity index (χ1n) is 17.0. The van der Waals surface area contributed by atoms with Crippen LogP contribution in [0.25, 0.3) is 32.9 Å². The fourth-order valence-electron chi connectivity index (χ4n) is 7.77. The van der Waals surface area contributed by atoms with Crippen molar-refractivity contribution in [2.75, 3.05) is 18.1 Å². The standard InChI is InChI=1S/C40H39Cl2N5O4/c1-20-15-27(16-21(2)36(20)42)51-14-8-9-28-29-11-12-31(41)35(34-23(4)43-25(6)44-24(34)5)37(29)47-22(3)18-46(39(48)38(28)47)33-19-45(7)32-13-10-26(40(49)50)17-30(32)33/h10-13,15-17,19,22H,8-9,14,18H2,1-7H3,(H,49,50)/t22-/m1/s1. The van der Waals surface area contributed by atoms with Gasteiger partial charge in [0.15, 0.2) is 0 Å². The van der Waals surface area contributed by atoms with Crippen molar-refractivity contribution in [1.82, 2.24) is 19.1 Å². The second-order valence-corrected chi connectivity index (χ2v) is 14.4. The summed E-state index contributed by atoms with van der Waals surface area (Å²) in [5, 5.41) is 12.7. The molecule has 1 aliphatic heterocycles. The van der Waals surface area contributed by atoms with E-state index in [1.807, 2.05) is 76.7 Å². The summed E-state index contributed by atoms with van der Waals surface area (Å²) in [6.07, 6.45) is 3.12. The fourth-order valence-corrected chi connectivity index (χ4v) is 8.12. The minimum Gasteiger partial charge on any atom is -0.494 e. The molecule has 0 bridgehead atoms. The first kappa shape index (κ1) is 34.6. The van der Waals surface area contributed by atoms with Crippen molar-refractivity contribution in [1.29, 1.82) is 0 Å². The van der Waals surface area contributed by atoms with E-state index in [0.29, 0.717) is 53.6 Å². The summed E-state index contributed by atoms with van der Waals surface area (Å²) >= 11 is 13.5. The Balaban J connectivity index is 1.39. The van der Waals surface area contributed by atoms with Crippen LogP contribution >= 0.6 is 23.2 Å². The summed E-state index contributed by atoms with van der Waals surface area (Å²) < 4.78 is 10.3. The number of hydrogen-bond donors (Lipinski definition) is 1. The number of hydrogen-bond acceptors (Lipinski definition) is 5. The molecule has 0 spiro atoms. The summed E-state index contributed by atoms with van der Waals surface area (Å²) in [6, 6.07) is 12.6. The molecule has 1 amide bonds. The number of benzene rings is 3. The van der Waals surface area contributed by atoms with Gasteiger partial charge >= 0.3 is 5.97 Å². The van der Waals surface area contributed by atoms with E-state index >= 15 is 0 Å². The van der Waals surface area contributed by atoms with Crippen molar-refractivity contribution < 1.29 is 19.4 Å². The highest BCUT2D eigenvalue weighted by Crippen LogP contribution is 2.45. The molecule has 3 aromatic carbocycles. The molecular weight excluding hydrogens is 685 g/mol. The third-order valence-electron chi connectivity index (χ3n) is 9.94. The van der Waals surface area contributed by atoms with Gasteiger partial charge in [0.2, 0.25) is 0 Å². The van der Waals surface area contributed by atoms with Crippen LogP contribution in [0.15, 0.2) is 48.7 Å². The molecule has 9 nitrogen and oxygen atoms in total. The molecule has 0 saturated heterocycles. The Hall–Kier alpha value is -4.86. The van der Waals surface area contributed by atoms with Gasteiger partial charge in [0.05, 0.1) is 28.4 Å². The highest BCUT2D eigenvalue weighted by molar-refractivity contribution is 6.35. The maximum absolute atomic E-state index is 15.0. The van der Waals surface area contributed by atoms with E-state index in [-0.39, 0.29) is 17.5 Å². The fraction of sp³-hybridized carbons (Fsp3) is 0.300. The molecule has 0 unspecified atom stereocenters. The van der Waals surface area contributed by atoms with Crippen molar-refractivity contribution >= 4 is 62.6 Å². The van der Waals surface area contributed by atoms with Gasteiger partial charge in [-0.05, 0) is 107 Å². The first-order chi connectivity index (χ1) is 24.3. The number of aromatic carboxylic acids is 1. The van der Waals surface area contributed by atoms with E-state index in [2.05, 4.69) is 11.5 Å². The van der Waals surface area contributed by atoms with Crippen LogP contribution in [0, 0.1) is 34.6 Å². The molecule has 1 aliphatic rings. The SMILES string of the molecule is Cc1nc(C)c(-c2c(Cl)ccc3c(CCCOc4cc(C)c(Cl)c(C)c4)c4n(c23)[C@H](C)CN(c2cn(C)c3ccc(C(=O)O)cc23)C4=O)c(C)n1. The van der Waals surface area contributed by atoms with Crippen LogP contribution in [0.5, 0.6) is 5.75 Å². The Labute approximate surface area is 306 Å². The smallest absolute Gasteiger partial charge is 0.335 e. The minimum absolute atomic E-state index is 0.159. The van der Waals surface area contributed by atoms with Gasteiger partial charge in [0, 0.05) is 69.7 Å². The number of carboxylic acids is 1. The molecule has 1 N–H and O–H groups in total. The van der Waals surface area contributed by atoms with Crippen LogP contribution in [0.1, 0.15) is 74.1 Å². The quantitative estimate of drug-likeness (QED) is 0.157. The normalized spacial score (nSPS) is 14.5. The lowest BCUT2D eigenvalue weighted by atomic mass is 9.97. The number of halogens is 2. The Morgan fingerprint density at radius 2 is 1.65 bits per heavy atom. The van der Waals surface area contributed by atoms with E-state index in [0.717, 1.165) is 66.4 Å². The van der Waals surface area contributed by atoms with Crippen molar-refractivity contribution in [3.05, 3.63) is 104 Å². The van der Waals surface area contributed by atoms with Gasteiger partial charge in [-0.1, -0.05) is 29.3 Å². The Morgan fingerprint density at radius 3 is 2.31 bits per heavy atom. The van der Waals surface area contributed by atoms with E-state index in [4.69, 9.17) is 37.9 Å². The van der Waals surface area contributed by atoms with Crippen molar-refractivity contribution in [3.8, 4) is 16.9 Å². The van der Waals surface area contributed by atoms with Gasteiger partial charge in [-0.25, -0.2) is 14.8 Å². The van der Waals surface area contributed by atoms with Crippen LogP contribution in [0.2, 0.25) is 10.0 Å². The van der Waals surface area contributed by atoms with Gasteiger partial charge in [0.1, 0.15) is 17.3 Å². The summed E-state index contributed by atoms with van der Waals surface area (Å²) in [6.45, 7) is 12.6. The molecule has 0 aliphatic carbocycles. The van der Waals surface area contributed by atoms with Gasteiger partial charge in [-0.2, -0.15) is 0 Å². The van der Waals surface area contributed by atoms with Crippen LogP contribution in [-0.4, -0.2) is 49.2 Å². The highest BCUT2D eigenvalue weighted by atomic mass is 35.5. The number of nitrogens with zero attached hydrogens (tertiary/aromatic N) is 5. The van der Waals surface area contributed by atoms with E-state index in [1.54, 1.807) is 23.1 Å².